The van der Waals surface area contributed by atoms with Gasteiger partial charge < -0.3 is 5.32 Å². The van der Waals surface area contributed by atoms with Crippen LogP contribution in [0.3, 0.4) is 0 Å². The van der Waals surface area contributed by atoms with Crippen LogP contribution in [0.1, 0.15) is 18.2 Å². The normalized spacial score (nSPS) is 11.3. The molecule has 2 heterocycles. The average Bonchev–Trinajstić information content (AvgIpc) is 2.87. The van der Waals surface area contributed by atoms with Crippen LogP contribution >= 0.6 is 0 Å². The average molecular weight is 242 g/mol. The van der Waals surface area contributed by atoms with Crippen molar-refractivity contribution < 1.29 is 8.78 Å². The third-order valence-corrected chi connectivity index (χ3v) is 2.17. The van der Waals surface area contributed by atoms with Gasteiger partial charge in [0.15, 0.2) is 5.82 Å². The predicted molar refractivity (Wildman–Crippen MR) is 55.0 cm³/mol. The molecule has 6 nitrogen and oxygen atoms in total. The summed E-state index contributed by atoms with van der Waals surface area (Å²) < 4.78 is 27.4. The summed E-state index contributed by atoms with van der Waals surface area (Å²) in [4.78, 5) is 7.85. The van der Waals surface area contributed by atoms with Crippen LogP contribution in [0.4, 0.5) is 8.78 Å². The lowest BCUT2D eigenvalue weighted by molar-refractivity contribution is 0.0666. The van der Waals surface area contributed by atoms with Gasteiger partial charge in [0.2, 0.25) is 0 Å². The molecule has 17 heavy (non-hydrogen) atoms. The smallest absolute Gasteiger partial charge is 0.303 e. The molecule has 0 saturated heterocycles. The number of halogens is 2. The monoisotopic (exact) mass is 242 g/mol. The van der Waals surface area contributed by atoms with E-state index in [0.29, 0.717) is 12.4 Å². The zero-order valence-corrected chi connectivity index (χ0v) is 9.22. The zero-order valence-electron chi connectivity index (χ0n) is 9.22. The zero-order chi connectivity index (χ0) is 12.3. The Bertz CT molecular complexity index is 477. The van der Waals surface area contributed by atoms with Crippen molar-refractivity contribution in [3.8, 4) is 0 Å². The Morgan fingerprint density at radius 1 is 1.35 bits per heavy atom. The summed E-state index contributed by atoms with van der Waals surface area (Å²) >= 11 is 0. The number of hydrogen-bond acceptors (Lipinski definition) is 4. The molecule has 0 aliphatic rings. The quantitative estimate of drug-likeness (QED) is 0.838. The largest absolute Gasteiger partial charge is 0.319 e. The van der Waals surface area contributed by atoms with Gasteiger partial charge in [-0.2, -0.15) is 13.9 Å². The van der Waals surface area contributed by atoms with Crippen molar-refractivity contribution >= 4 is 0 Å². The first kappa shape index (κ1) is 11.6. The number of alkyl halides is 2. The molecule has 0 unspecified atom stereocenters. The van der Waals surface area contributed by atoms with E-state index in [1.165, 1.54) is 12.4 Å². The Labute approximate surface area is 96.3 Å². The summed E-state index contributed by atoms with van der Waals surface area (Å²) in [6.07, 6.45) is 4.18. The molecule has 0 spiro atoms. The van der Waals surface area contributed by atoms with Gasteiger partial charge >= 0.3 is 6.55 Å². The van der Waals surface area contributed by atoms with E-state index in [-0.39, 0.29) is 12.4 Å². The van der Waals surface area contributed by atoms with Crippen LogP contribution in [0.25, 0.3) is 0 Å². The van der Waals surface area contributed by atoms with Crippen LogP contribution in [-0.2, 0) is 20.1 Å². The standard InChI is InChI=1S/C9H12F2N6/c1-16-6-14-7(15-16)4-12-5-8-13-2-3-17(8)9(10)11/h2-3,6,9,12H,4-5H2,1H3. The molecule has 2 aromatic heterocycles. The van der Waals surface area contributed by atoms with E-state index in [0.717, 1.165) is 4.57 Å². The van der Waals surface area contributed by atoms with Crippen molar-refractivity contribution in [3.05, 3.63) is 30.4 Å². The maximum atomic E-state index is 12.5. The van der Waals surface area contributed by atoms with Crippen molar-refractivity contribution in [3.63, 3.8) is 0 Å². The van der Waals surface area contributed by atoms with Crippen molar-refractivity contribution in [1.82, 2.24) is 29.6 Å². The van der Waals surface area contributed by atoms with Gasteiger partial charge in [-0.25, -0.2) is 9.97 Å². The number of imidazole rings is 1. The molecule has 0 amide bonds. The lowest BCUT2D eigenvalue weighted by atomic mass is 10.5. The molecule has 8 heteroatoms. The summed E-state index contributed by atoms with van der Waals surface area (Å²) in [6.45, 7) is -1.91. The number of rotatable bonds is 5. The number of aryl methyl sites for hydroxylation is 1. The van der Waals surface area contributed by atoms with E-state index in [9.17, 15) is 8.78 Å². The van der Waals surface area contributed by atoms with Gasteiger partial charge in [-0.05, 0) is 0 Å². The van der Waals surface area contributed by atoms with Crippen LogP contribution in [0.5, 0.6) is 0 Å². The maximum absolute atomic E-state index is 12.5. The van der Waals surface area contributed by atoms with Crippen molar-refractivity contribution in [2.75, 3.05) is 0 Å². The van der Waals surface area contributed by atoms with Crippen LogP contribution < -0.4 is 5.32 Å². The molecule has 2 rings (SSSR count). The second-order valence-electron chi connectivity index (χ2n) is 3.47. The molecular weight excluding hydrogens is 230 g/mol. The number of hydrogen-bond donors (Lipinski definition) is 1. The lowest BCUT2D eigenvalue weighted by Crippen LogP contribution is -2.17. The molecule has 0 fully saturated rings. The summed E-state index contributed by atoms with van der Waals surface area (Å²) in [5.41, 5.74) is 0. The Morgan fingerprint density at radius 3 is 2.82 bits per heavy atom. The number of aromatic nitrogens is 5. The van der Waals surface area contributed by atoms with Gasteiger partial charge in [0.05, 0.1) is 13.1 Å². The molecule has 92 valence electrons. The predicted octanol–water partition coefficient (Wildman–Crippen LogP) is 0.696. The third kappa shape index (κ3) is 2.84. The highest BCUT2D eigenvalue weighted by atomic mass is 19.3. The summed E-state index contributed by atoms with van der Waals surface area (Å²) in [5.74, 6) is 0.901. The first-order valence-electron chi connectivity index (χ1n) is 5.02. The first-order valence-corrected chi connectivity index (χ1v) is 5.02. The molecule has 0 bridgehead atoms. The Balaban J connectivity index is 1.88. The third-order valence-electron chi connectivity index (χ3n) is 2.17. The van der Waals surface area contributed by atoms with E-state index in [1.807, 2.05) is 0 Å². The van der Waals surface area contributed by atoms with Gasteiger partial charge in [0, 0.05) is 19.4 Å². The Morgan fingerprint density at radius 2 is 2.18 bits per heavy atom. The molecule has 0 atom stereocenters. The fourth-order valence-corrected chi connectivity index (χ4v) is 1.41. The van der Waals surface area contributed by atoms with Gasteiger partial charge in [-0.15, -0.1) is 0 Å². The first-order chi connectivity index (χ1) is 8.16. The van der Waals surface area contributed by atoms with Gasteiger partial charge in [-0.3, -0.25) is 9.25 Å². The number of nitrogens with zero attached hydrogens (tertiary/aromatic N) is 5. The second kappa shape index (κ2) is 5.00. The Hall–Kier alpha value is -1.83. The molecule has 1 N–H and O–H groups in total. The van der Waals surface area contributed by atoms with E-state index < -0.39 is 6.55 Å². The topological polar surface area (TPSA) is 60.6 Å². The molecule has 2 aromatic rings. The summed E-state index contributed by atoms with van der Waals surface area (Å²) in [6, 6.07) is 0. The van der Waals surface area contributed by atoms with Gasteiger partial charge in [0.25, 0.3) is 0 Å². The second-order valence-corrected chi connectivity index (χ2v) is 3.47. The molecule has 0 aliphatic carbocycles. The highest BCUT2D eigenvalue weighted by Crippen LogP contribution is 2.11. The molecule has 0 aromatic carbocycles. The molecular formula is C9H12F2N6. The van der Waals surface area contributed by atoms with E-state index >= 15 is 0 Å². The summed E-state index contributed by atoms with van der Waals surface area (Å²) in [5, 5.41) is 7.01. The lowest BCUT2D eigenvalue weighted by Gasteiger charge is -2.06. The SMILES string of the molecule is Cn1cnc(CNCc2nccn2C(F)F)n1. The highest BCUT2D eigenvalue weighted by Gasteiger charge is 2.10. The maximum Gasteiger partial charge on any atom is 0.319 e. The van der Waals surface area contributed by atoms with Crippen molar-refractivity contribution in [2.45, 2.75) is 19.6 Å². The van der Waals surface area contributed by atoms with Gasteiger partial charge in [0.1, 0.15) is 12.2 Å². The number of nitrogens with one attached hydrogen (secondary N) is 1. The molecule has 0 saturated carbocycles. The van der Waals surface area contributed by atoms with E-state index in [1.54, 1.807) is 18.1 Å². The minimum absolute atomic E-state index is 0.246. The van der Waals surface area contributed by atoms with Crippen LogP contribution in [0.2, 0.25) is 0 Å². The Kier molecular flexibility index (Phi) is 3.43. The minimum Gasteiger partial charge on any atom is -0.303 e. The van der Waals surface area contributed by atoms with Crippen molar-refractivity contribution in [2.24, 2.45) is 7.05 Å². The highest BCUT2D eigenvalue weighted by molar-refractivity contribution is 4.92. The minimum atomic E-state index is -2.57. The summed E-state index contributed by atoms with van der Waals surface area (Å²) in [7, 11) is 1.76. The fourth-order valence-electron chi connectivity index (χ4n) is 1.41. The molecule has 0 radical (unpaired) electrons. The fraction of sp³-hybridized carbons (Fsp3) is 0.444. The van der Waals surface area contributed by atoms with Crippen LogP contribution in [0.15, 0.2) is 18.7 Å². The van der Waals surface area contributed by atoms with Crippen LogP contribution in [-0.4, -0.2) is 24.3 Å². The van der Waals surface area contributed by atoms with Crippen molar-refractivity contribution in [1.29, 1.82) is 0 Å². The van der Waals surface area contributed by atoms with Gasteiger partial charge in [-0.1, -0.05) is 0 Å². The van der Waals surface area contributed by atoms with Crippen LogP contribution in [0, 0.1) is 0 Å². The van der Waals surface area contributed by atoms with E-state index in [2.05, 4.69) is 20.4 Å². The molecule has 0 aliphatic heterocycles. The van der Waals surface area contributed by atoms with E-state index in [4.69, 9.17) is 0 Å².